The molecule has 3 heteroatoms. The molecule has 0 fully saturated rings. The SMILES string of the molecule is CCCN1C=CN(CCC)C1.Cl. The fourth-order valence-corrected chi connectivity index (χ4v) is 1.38. The number of hydrogen-bond donors (Lipinski definition) is 0. The van der Waals surface area contributed by atoms with Gasteiger partial charge in [-0.3, -0.25) is 0 Å². The first kappa shape index (κ1) is 11.6. The van der Waals surface area contributed by atoms with Crippen molar-refractivity contribution in [2.75, 3.05) is 19.8 Å². The van der Waals surface area contributed by atoms with Crippen LogP contribution in [0.5, 0.6) is 0 Å². The van der Waals surface area contributed by atoms with Crippen LogP contribution in [0.25, 0.3) is 0 Å². The summed E-state index contributed by atoms with van der Waals surface area (Å²) < 4.78 is 0. The van der Waals surface area contributed by atoms with Gasteiger partial charge in [0, 0.05) is 25.5 Å². The second-order valence-corrected chi connectivity index (χ2v) is 3.06. The molecule has 0 N–H and O–H groups in total. The highest BCUT2D eigenvalue weighted by Gasteiger charge is 2.08. The van der Waals surface area contributed by atoms with Crippen LogP contribution in [0.1, 0.15) is 26.7 Å². The normalized spacial score (nSPS) is 15.2. The van der Waals surface area contributed by atoms with E-state index in [1.807, 2.05) is 0 Å². The Kier molecular flexibility index (Phi) is 5.99. The molecule has 0 radical (unpaired) electrons. The van der Waals surface area contributed by atoms with E-state index >= 15 is 0 Å². The first-order chi connectivity index (χ1) is 5.36. The quantitative estimate of drug-likeness (QED) is 0.671. The number of rotatable bonds is 4. The van der Waals surface area contributed by atoms with Crippen LogP contribution in [0.4, 0.5) is 0 Å². The molecule has 0 saturated heterocycles. The Balaban J connectivity index is 0.00000121. The fraction of sp³-hybridized carbons (Fsp3) is 0.778. The van der Waals surface area contributed by atoms with Gasteiger partial charge in [-0.05, 0) is 12.8 Å². The molecule has 0 atom stereocenters. The maximum atomic E-state index is 2.36. The highest BCUT2D eigenvalue weighted by molar-refractivity contribution is 5.85. The van der Waals surface area contributed by atoms with Crippen LogP contribution in [0.3, 0.4) is 0 Å². The molecule has 0 aliphatic carbocycles. The van der Waals surface area contributed by atoms with Gasteiger partial charge in [0.05, 0.1) is 6.67 Å². The summed E-state index contributed by atoms with van der Waals surface area (Å²) in [7, 11) is 0. The van der Waals surface area contributed by atoms with E-state index in [2.05, 4.69) is 36.0 Å². The number of hydrogen-bond acceptors (Lipinski definition) is 2. The van der Waals surface area contributed by atoms with Gasteiger partial charge in [0.25, 0.3) is 0 Å². The second-order valence-electron chi connectivity index (χ2n) is 3.06. The standard InChI is InChI=1S/C9H18N2.ClH/c1-3-5-10-7-8-11(9-10)6-4-2;/h7-8H,3-6,9H2,1-2H3;1H. The third-order valence-electron chi connectivity index (χ3n) is 1.87. The van der Waals surface area contributed by atoms with Gasteiger partial charge in [0.15, 0.2) is 0 Å². The first-order valence-corrected chi connectivity index (χ1v) is 4.53. The largest absolute Gasteiger partial charge is 0.359 e. The maximum absolute atomic E-state index is 2.36. The predicted molar refractivity (Wildman–Crippen MR) is 55.2 cm³/mol. The van der Waals surface area contributed by atoms with Gasteiger partial charge in [-0.25, -0.2) is 0 Å². The minimum absolute atomic E-state index is 0. The van der Waals surface area contributed by atoms with Crippen molar-refractivity contribution in [1.82, 2.24) is 9.80 Å². The lowest BCUT2D eigenvalue weighted by atomic mass is 10.4. The molecule has 0 spiro atoms. The maximum Gasteiger partial charge on any atom is 0.0893 e. The van der Waals surface area contributed by atoms with E-state index in [4.69, 9.17) is 0 Å². The van der Waals surface area contributed by atoms with Crippen molar-refractivity contribution in [3.63, 3.8) is 0 Å². The summed E-state index contributed by atoms with van der Waals surface area (Å²) in [6.07, 6.45) is 6.87. The molecule has 0 unspecified atom stereocenters. The minimum atomic E-state index is 0. The smallest absolute Gasteiger partial charge is 0.0893 e. The minimum Gasteiger partial charge on any atom is -0.359 e. The molecule has 1 rings (SSSR count). The Labute approximate surface area is 81.6 Å². The lowest BCUT2D eigenvalue weighted by Gasteiger charge is -2.19. The molecule has 1 heterocycles. The molecule has 0 amide bonds. The Morgan fingerprint density at radius 1 is 1.00 bits per heavy atom. The molecule has 0 saturated carbocycles. The summed E-state index contributed by atoms with van der Waals surface area (Å²) in [4.78, 5) is 4.71. The van der Waals surface area contributed by atoms with E-state index in [1.54, 1.807) is 0 Å². The third-order valence-corrected chi connectivity index (χ3v) is 1.87. The van der Waals surface area contributed by atoms with Gasteiger partial charge in [0.1, 0.15) is 0 Å². The highest BCUT2D eigenvalue weighted by atomic mass is 35.5. The van der Waals surface area contributed by atoms with Crippen LogP contribution in [-0.4, -0.2) is 29.6 Å². The molecular weight excluding hydrogens is 172 g/mol. The number of nitrogens with zero attached hydrogens (tertiary/aromatic N) is 2. The third kappa shape index (κ3) is 3.35. The van der Waals surface area contributed by atoms with Crippen molar-refractivity contribution in [1.29, 1.82) is 0 Å². The van der Waals surface area contributed by atoms with Gasteiger partial charge in [0.2, 0.25) is 0 Å². The average molecular weight is 191 g/mol. The van der Waals surface area contributed by atoms with Crippen molar-refractivity contribution < 1.29 is 0 Å². The Bertz CT molecular complexity index is 122. The van der Waals surface area contributed by atoms with Crippen molar-refractivity contribution in [2.45, 2.75) is 26.7 Å². The van der Waals surface area contributed by atoms with Crippen LogP contribution < -0.4 is 0 Å². The van der Waals surface area contributed by atoms with Gasteiger partial charge < -0.3 is 9.80 Å². The molecule has 12 heavy (non-hydrogen) atoms. The molecule has 1 aliphatic heterocycles. The van der Waals surface area contributed by atoms with Crippen LogP contribution >= 0.6 is 12.4 Å². The van der Waals surface area contributed by atoms with Crippen LogP contribution in [0.15, 0.2) is 12.4 Å². The van der Waals surface area contributed by atoms with Crippen molar-refractivity contribution in [3.8, 4) is 0 Å². The summed E-state index contributed by atoms with van der Waals surface area (Å²) in [6.45, 7) is 7.92. The van der Waals surface area contributed by atoms with E-state index in [0.29, 0.717) is 0 Å². The van der Waals surface area contributed by atoms with E-state index < -0.39 is 0 Å². The Morgan fingerprint density at radius 2 is 1.42 bits per heavy atom. The zero-order valence-electron chi connectivity index (χ0n) is 7.99. The lowest BCUT2D eigenvalue weighted by molar-refractivity contribution is 0.265. The molecule has 1 aliphatic rings. The van der Waals surface area contributed by atoms with Crippen LogP contribution in [-0.2, 0) is 0 Å². The topological polar surface area (TPSA) is 6.48 Å². The summed E-state index contributed by atoms with van der Waals surface area (Å²) in [6, 6.07) is 0. The van der Waals surface area contributed by atoms with E-state index in [9.17, 15) is 0 Å². The Hall–Kier alpha value is -0.370. The number of halogens is 1. The van der Waals surface area contributed by atoms with Crippen molar-refractivity contribution >= 4 is 12.4 Å². The average Bonchev–Trinajstić information content (AvgIpc) is 2.38. The first-order valence-electron chi connectivity index (χ1n) is 4.53. The van der Waals surface area contributed by atoms with E-state index in [-0.39, 0.29) is 12.4 Å². The monoisotopic (exact) mass is 190 g/mol. The van der Waals surface area contributed by atoms with Gasteiger partial charge in [-0.15, -0.1) is 12.4 Å². The molecule has 2 nitrogen and oxygen atoms in total. The van der Waals surface area contributed by atoms with Gasteiger partial charge in [-0.2, -0.15) is 0 Å². The van der Waals surface area contributed by atoms with E-state index in [0.717, 1.165) is 6.67 Å². The molecule has 0 aromatic heterocycles. The van der Waals surface area contributed by atoms with Crippen LogP contribution in [0, 0.1) is 0 Å². The summed E-state index contributed by atoms with van der Waals surface area (Å²) >= 11 is 0. The predicted octanol–water partition coefficient (Wildman–Crippen LogP) is 2.27. The van der Waals surface area contributed by atoms with Crippen LogP contribution in [0.2, 0.25) is 0 Å². The van der Waals surface area contributed by atoms with Gasteiger partial charge >= 0.3 is 0 Å². The second kappa shape index (κ2) is 6.18. The molecular formula is C9H19ClN2. The Morgan fingerprint density at radius 3 is 1.75 bits per heavy atom. The zero-order valence-corrected chi connectivity index (χ0v) is 8.81. The summed E-state index contributed by atoms with van der Waals surface area (Å²) in [5, 5.41) is 0. The summed E-state index contributed by atoms with van der Waals surface area (Å²) in [5.74, 6) is 0. The zero-order chi connectivity index (χ0) is 8.10. The van der Waals surface area contributed by atoms with Crippen molar-refractivity contribution in [2.24, 2.45) is 0 Å². The molecule has 0 aromatic carbocycles. The molecule has 72 valence electrons. The summed E-state index contributed by atoms with van der Waals surface area (Å²) in [5.41, 5.74) is 0. The van der Waals surface area contributed by atoms with Crippen molar-refractivity contribution in [3.05, 3.63) is 12.4 Å². The van der Waals surface area contributed by atoms with Gasteiger partial charge in [-0.1, -0.05) is 13.8 Å². The van der Waals surface area contributed by atoms with E-state index in [1.165, 1.54) is 25.9 Å². The highest BCUT2D eigenvalue weighted by Crippen LogP contribution is 2.06. The fourth-order valence-electron chi connectivity index (χ4n) is 1.38. The lowest BCUT2D eigenvalue weighted by Crippen LogP contribution is -2.26. The molecule has 0 bridgehead atoms. The molecule has 0 aromatic rings.